The second-order valence-electron chi connectivity index (χ2n) is 3.35. The number of rotatable bonds is 3. The van der Waals surface area contributed by atoms with Gasteiger partial charge >= 0.3 is 0 Å². The van der Waals surface area contributed by atoms with Crippen LogP contribution in [0, 0.1) is 5.92 Å². The van der Waals surface area contributed by atoms with Crippen LogP contribution in [0.1, 0.15) is 25.7 Å². The van der Waals surface area contributed by atoms with Crippen LogP contribution in [-0.2, 0) is 0 Å². The lowest BCUT2D eigenvalue weighted by molar-refractivity contribution is -0.0257. The quantitative estimate of drug-likeness (QED) is 0.585. The second-order valence-corrected chi connectivity index (χ2v) is 3.85. The Morgan fingerprint density at radius 3 is 2.82 bits per heavy atom. The molecule has 3 unspecified atom stereocenters. The third-order valence-electron chi connectivity index (χ3n) is 2.44. The Labute approximate surface area is 74.7 Å². The normalized spacial score (nSPS) is 44.2. The lowest BCUT2D eigenvalue weighted by Crippen LogP contribution is -2.33. The van der Waals surface area contributed by atoms with Crippen LogP contribution < -0.4 is 0 Å². The van der Waals surface area contributed by atoms with Crippen LogP contribution in [0.2, 0.25) is 6.04 Å². The molecule has 3 heteroatoms. The van der Waals surface area contributed by atoms with Gasteiger partial charge in [-0.15, -0.1) is 0 Å². The highest BCUT2D eigenvalue weighted by molar-refractivity contribution is 6.08. The molecule has 0 aliphatic heterocycles. The Morgan fingerprint density at radius 1 is 1.36 bits per heavy atom. The van der Waals surface area contributed by atoms with Gasteiger partial charge in [0.05, 0.1) is 12.2 Å². The van der Waals surface area contributed by atoms with Crippen LogP contribution in [0.3, 0.4) is 0 Å². The Morgan fingerprint density at radius 2 is 2.18 bits per heavy atom. The molecule has 1 aliphatic rings. The smallest absolute Gasteiger partial charge is 0.0801 e. The molecule has 0 aromatic carbocycles. The first-order chi connectivity index (χ1) is 6.38. The molecule has 0 bridgehead atoms. The van der Waals surface area contributed by atoms with E-state index in [2.05, 4.69) is 0 Å². The van der Waals surface area contributed by atoms with E-state index in [4.69, 9.17) is 3.70 Å². The maximum Gasteiger partial charge on any atom is 0.0801 e. The minimum Gasteiger partial charge on any atom is -0.390 e. The van der Waals surface area contributed by atoms with Gasteiger partial charge in [-0.2, -0.15) is 0 Å². The van der Waals surface area contributed by atoms with Crippen molar-refractivity contribution in [3.8, 4) is 0 Å². The van der Waals surface area contributed by atoms with E-state index in [1.165, 1.54) is 0 Å². The second kappa shape index (κ2) is 4.23. The Kier molecular flexibility index (Phi) is 2.20. The van der Waals surface area contributed by atoms with Crippen molar-refractivity contribution in [2.45, 2.75) is 43.9 Å². The molecule has 1 aliphatic carbocycles. The van der Waals surface area contributed by atoms with Gasteiger partial charge in [-0.3, -0.25) is 0 Å². The first kappa shape index (κ1) is 5.73. The lowest BCUT2D eigenvalue weighted by Gasteiger charge is -2.29. The van der Waals surface area contributed by atoms with Crippen molar-refractivity contribution in [1.29, 1.82) is 3.70 Å². The maximum atomic E-state index is 9.40. The highest BCUT2D eigenvalue weighted by Crippen LogP contribution is 2.27. The molecular weight excluding hydrogens is 156 g/mol. The molecular formula is C8H18O2Si. The van der Waals surface area contributed by atoms with Gasteiger partial charge in [0.1, 0.15) is 0 Å². The fraction of sp³-hybridized carbons (Fsp3) is 1.00. The molecule has 1 fully saturated rings. The van der Waals surface area contributed by atoms with Crippen molar-refractivity contribution < 1.29 is 10.2 Å². The molecule has 0 heterocycles. The van der Waals surface area contributed by atoms with Gasteiger partial charge in [-0.25, -0.2) is 0 Å². The van der Waals surface area contributed by atoms with Gasteiger partial charge in [-0.05, 0) is 25.2 Å². The van der Waals surface area contributed by atoms with E-state index in [1.807, 2.05) is 0 Å². The van der Waals surface area contributed by atoms with Crippen molar-refractivity contribution in [1.82, 2.24) is 0 Å². The molecule has 0 radical (unpaired) electrons. The van der Waals surface area contributed by atoms with E-state index in [1.54, 1.807) is 0 Å². The molecule has 0 saturated heterocycles. The molecule has 1 rings (SSSR count). The minimum atomic E-state index is -3.17. The van der Waals surface area contributed by atoms with Gasteiger partial charge in [0, 0.05) is 13.7 Å². The zero-order chi connectivity index (χ0) is 10.8. The largest absolute Gasteiger partial charge is 0.390 e. The summed E-state index contributed by atoms with van der Waals surface area (Å²) in [5.74, 6) is 0.293. The fourth-order valence-electron chi connectivity index (χ4n) is 1.68. The van der Waals surface area contributed by atoms with Gasteiger partial charge in [0.2, 0.25) is 0 Å². The standard InChI is InChI=1S/C8H18O2Si/c9-7-2-1-6(3-4-11)5-8(7)10/h6-10H,1-5H2,11H3/i11T3. The first-order valence-corrected chi connectivity index (χ1v) is 4.95. The monoisotopic (exact) mass is 180 g/mol. The van der Waals surface area contributed by atoms with Gasteiger partial charge in [0.15, 0.2) is 0 Å². The summed E-state index contributed by atoms with van der Waals surface area (Å²) in [7, 11) is -3.17. The number of aliphatic hydroxyl groups excluding tert-OH is 2. The third-order valence-corrected chi connectivity index (χ3v) is 2.73. The van der Waals surface area contributed by atoms with E-state index in [9.17, 15) is 10.2 Å². The highest BCUT2D eigenvalue weighted by atomic mass is 28.1. The average Bonchev–Trinajstić information content (AvgIpc) is 2.06. The zero-order valence-electron chi connectivity index (χ0n) is 9.66. The molecule has 3 atom stereocenters. The predicted molar refractivity (Wildman–Crippen MR) is 48.7 cm³/mol. The fourth-order valence-corrected chi connectivity index (χ4v) is 2.09. The van der Waals surface area contributed by atoms with E-state index in [-0.39, 0.29) is 0 Å². The molecule has 1 saturated carbocycles. The maximum absolute atomic E-state index is 9.40. The molecule has 0 aromatic rings. The number of hydrogen-bond donors (Lipinski definition) is 2. The van der Waals surface area contributed by atoms with Crippen LogP contribution >= 0.6 is 0 Å². The topological polar surface area (TPSA) is 40.5 Å². The SMILES string of the molecule is [3H][Si]([3H])([3H])CCC1CCC(O)C(O)C1. The summed E-state index contributed by atoms with van der Waals surface area (Å²) in [5.41, 5.74) is 0. The average molecular weight is 180 g/mol. The van der Waals surface area contributed by atoms with Crippen molar-refractivity contribution in [3.63, 3.8) is 0 Å². The Bertz CT molecular complexity index is 186. The molecule has 2 N–H and O–H groups in total. The molecule has 66 valence electrons. The first-order valence-electron chi connectivity index (χ1n) is 5.74. The summed E-state index contributed by atoms with van der Waals surface area (Å²) >= 11 is 0. The van der Waals surface area contributed by atoms with Crippen LogP contribution in [-0.4, -0.2) is 36.2 Å². The van der Waals surface area contributed by atoms with Crippen LogP contribution in [0.4, 0.5) is 0 Å². The summed E-state index contributed by atoms with van der Waals surface area (Å²) < 4.78 is 21.6. The molecule has 0 amide bonds. The number of hydrogen-bond acceptors (Lipinski definition) is 2. The van der Waals surface area contributed by atoms with Crippen molar-refractivity contribution >= 4 is 10.0 Å². The molecule has 0 aromatic heterocycles. The zero-order valence-corrected chi connectivity index (χ0v) is 7.66. The summed E-state index contributed by atoms with van der Waals surface area (Å²) in [6, 6.07) is 0.348. The van der Waals surface area contributed by atoms with Crippen molar-refractivity contribution in [2.75, 3.05) is 0 Å². The third kappa shape index (κ3) is 2.58. The van der Waals surface area contributed by atoms with E-state index in [0.717, 1.165) is 6.42 Å². The van der Waals surface area contributed by atoms with Crippen LogP contribution in [0.5, 0.6) is 0 Å². The van der Waals surface area contributed by atoms with Crippen LogP contribution in [0.15, 0.2) is 0 Å². The van der Waals surface area contributed by atoms with Gasteiger partial charge in [-0.1, -0.05) is 12.5 Å². The highest BCUT2D eigenvalue weighted by Gasteiger charge is 2.26. The predicted octanol–water partition coefficient (Wildman–Crippen LogP) is -0.318. The Hall–Kier alpha value is 0.137. The minimum absolute atomic E-state index is 0.293. The lowest BCUT2D eigenvalue weighted by atomic mass is 9.84. The van der Waals surface area contributed by atoms with Crippen molar-refractivity contribution in [3.05, 3.63) is 0 Å². The molecule has 2 nitrogen and oxygen atoms in total. The van der Waals surface area contributed by atoms with E-state index < -0.39 is 22.2 Å². The molecule has 0 spiro atoms. The van der Waals surface area contributed by atoms with Gasteiger partial charge < -0.3 is 10.2 Å². The van der Waals surface area contributed by atoms with Crippen LogP contribution in [0.25, 0.3) is 0 Å². The summed E-state index contributed by atoms with van der Waals surface area (Å²) in [4.78, 5) is 0. The summed E-state index contributed by atoms with van der Waals surface area (Å²) in [6.07, 6.45) is 1.46. The molecule has 11 heavy (non-hydrogen) atoms. The Balaban J connectivity index is 2.27. The van der Waals surface area contributed by atoms with E-state index in [0.29, 0.717) is 31.2 Å². The summed E-state index contributed by atoms with van der Waals surface area (Å²) in [5, 5.41) is 18.7. The summed E-state index contributed by atoms with van der Waals surface area (Å²) in [6.45, 7) is 0. The van der Waals surface area contributed by atoms with Gasteiger partial charge in [0.25, 0.3) is 0 Å². The van der Waals surface area contributed by atoms with Crippen molar-refractivity contribution in [2.24, 2.45) is 5.92 Å². The van der Waals surface area contributed by atoms with E-state index >= 15 is 0 Å². The number of aliphatic hydroxyl groups is 2.